The Balaban J connectivity index is 1.82. The van der Waals surface area contributed by atoms with Gasteiger partial charge in [-0.1, -0.05) is 6.07 Å². The molecular weight excluding hydrogens is 374 g/mol. The number of aromatic hydroxyl groups is 1. The van der Waals surface area contributed by atoms with Crippen molar-refractivity contribution >= 4 is 18.5 Å². The molecule has 0 saturated carbocycles. The number of carbonyl (C=O) groups excluding carboxylic acids is 3. The number of benzene rings is 2. The van der Waals surface area contributed by atoms with E-state index in [9.17, 15) is 19.5 Å². The molecule has 0 aromatic heterocycles. The number of phenols is 1. The molecule has 29 heavy (non-hydrogen) atoms. The lowest BCUT2D eigenvalue weighted by Crippen LogP contribution is -2.47. The summed E-state index contributed by atoms with van der Waals surface area (Å²) in [5.74, 6) is 0.360. The van der Waals surface area contributed by atoms with Gasteiger partial charge in [0.1, 0.15) is 23.9 Å². The van der Waals surface area contributed by atoms with Crippen LogP contribution in [0.5, 0.6) is 17.2 Å². The van der Waals surface area contributed by atoms with Crippen LogP contribution < -0.4 is 9.47 Å². The highest BCUT2D eigenvalue weighted by Crippen LogP contribution is 2.28. The average Bonchev–Trinajstić information content (AvgIpc) is 2.77. The van der Waals surface area contributed by atoms with E-state index in [1.54, 1.807) is 35.2 Å². The third-order valence-electron chi connectivity index (χ3n) is 5.10. The minimum Gasteiger partial charge on any atom is -0.507 e. The average molecular weight is 397 g/mol. The Kier molecular flexibility index (Phi) is 6.49. The van der Waals surface area contributed by atoms with Gasteiger partial charge in [-0.2, -0.15) is 0 Å². The van der Waals surface area contributed by atoms with Gasteiger partial charge in [-0.3, -0.25) is 14.4 Å². The van der Waals surface area contributed by atoms with E-state index in [-0.39, 0.29) is 41.2 Å². The highest BCUT2D eigenvalue weighted by Gasteiger charge is 2.29. The van der Waals surface area contributed by atoms with Crippen LogP contribution in [0.3, 0.4) is 0 Å². The van der Waals surface area contributed by atoms with Gasteiger partial charge in [0.15, 0.2) is 12.6 Å². The second-order valence-electron chi connectivity index (χ2n) is 6.84. The first-order valence-electron chi connectivity index (χ1n) is 9.43. The molecule has 1 fully saturated rings. The zero-order valence-electron chi connectivity index (χ0n) is 16.2. The standard InChI is InChI=1S/C22H23NO6/c1-28-17-9-8-15(12-24)18(11-17)22(27)23-10-3-2-5-16(23)14-29-21-7-4-6-20(26)19(21)13-25/h4,6-9,11-13,16,26H,2-3,5,10,14H2,1H3. The van der Waals surface area contributed by atoms with Gasteiger partial charge in [-0.25, -0.2) is 0 Å². The molecule has 152 valence electrons. The fraction of sp³-hybridized carbons (Fsp3) is 0.318. The van der Waals surface area contributed by atoms with Gasteiger partial charge in [0.25, 0.3) is 5.91 Å². The second kappa shape index (κ2) is 9.23. The van der Waals surface area contributed by atoms with Gasteiger partial charge in [-0.15, -0.1) is 0 Å². The van der Waals surface area contributed by atoms with Crippen molar-refractivity contribution in [1.29, 1.82) is 0 Å². The summed E-state index contributed by atoms with van der Waals surface area (Å²) in [7, 11) is 1.50. The van der Waals surface area contributed by atoms with E-state index in [2.05, 4.69) is 0 Å². The second-order valence-corrected chi connectivity index (χ2v) is 6.84. The van der Waals surface area contributed by atoms with E-state index in [1.165, 1.54) is 13.2 Å². The predicted octanol–water partition coefficient (Wildman–Crippen LogP) is 3.10. The molecule has 1 aliphatic heterocycles. The van der Waals surface area contributed by atoms with Crippen molar-refractivity contribution in [2.45, 2.75) is 25.3 Å². The van der Waals surface area contributed by atoms with Crippen LogP contribution in [0.25, 0.3) is 0 Å². The number of hydrogen-bond acceptors (Lipinski definition) is 6. The molecule has 1 unspecified atom stereocenters. The Morgan fingerprint density at radius 3 is 2.76 bits per heavy atom. The van der Waals surface area contributed by atoms with E-state index < -0.39 is 0 Å². The molecule has 7 heteroatoms. The van der Waals surface area contributed by atoms with Crippen LogP contribution in [0.15, 0.2) is 36.4 Å². The lowest BCUT2D eigenvalue weighted by atomic mass is 9.99. The van der Waals surface area contributed by atoms with Gasteiger partial charge >= 0.3 is 0 Å². The van der Waals surface area contributed by atoms with E-state index in [4.69, 9.17) is 9.47 Å². The van der Waals surface area contributed by atoms with Crippen molar-refractivity contribution < 1.29 is 29.0 Å². The van der Waals surface area contributed by atoms with Crippen molar-refractivity contribution in [3.8, 4) is 17.2 Å². The van der Waals surface area contributed by atoms with Crippen molar-refractivity contribution in [2.75, 3.05) is 20.3 Å². The summed E-state index contributed by atoms with van der Waals surface area (Å²) in [6, 6.07) is 9.16. The summed E-state index contributed by atoms with van der Waals surface area (Å²) in [5, 5.41) is 9.80. The number of phenolic OH excluding ortho intramolecular Hbond substituents is 1. The number of aldehydes is 2. The van der Waals surface area contributed by atoms with Gasteiger partial charge in [0.2, 0.25) is 0 Å². The number of ether oxygens (including phenoxy) is 2. The summed E-state index contributed by atoms with van der Waals surface area (Å²) in [4.78, 5) is 37.6. The molecule has 0 aliphatic carbocycles. The van der Waals surface area contributed by atoms with Crippen molar-refractivity contribution in [3.05, 3.63) is 53.1 Å². The first-order chi connectivity index (χ1) is 14.1. The molecule has 1 atom stereocenters. The van der Waals surface area contributed by atoms with Crippen LogP contribution in [0.1, 0.15) is 50.3 Å². The Bertz CT molecular complexity index is 910. The number of nitrogens with zero attached hydrogens (tertiary/aromatic N) is 1. The van der Waals surface area contributed by atoms with E-state index in [1.807, 2.05) is 0 Å². The Labute approximate surface area is 168 Å². The fourth-order valence-corrected chi connectivity index (χ4v) is 3.51. The Hall–Kier alpha value is -3.35. The lowest BCUT2D eigenvalue weighted by Gasteiger charge is -2.36. The predicted molar refractivity (Wildman–Crippen MR) is 106 cm³/mol. The molecule has 2 aromatic carbocycles. The number of carbonyl (C=O) groups is 3. The maximum Gasteiger partial charge on any atom is 0.255 e. The van der Waals surface area contributed by atoms with Gasteiger partial charge in [0, 0.05) is 12.1 Å². The van der Waals surface area contributed by atoms with Gasteiger partial charge < -0.3 is 19.5 Å². The minimum absolute atomic E-state index is 0.0808. The third-order valence-corrected chi connectivity index (χ3v) is 5.10. The largest absolute Gasteiger partial charge is 0.507 e. The molecule has 1 N–H and O–H groups in total. The van der Waals surface area contributed by atoms with Crippen LogP contribution in [-0.4, -0.2) is 54.8 Å². The Morgan fingerprint density at radius 1 is 1.21 bits per heavy atom. The fourth-order valence-electron chi connectivity index (χ4n) is 3.51. The molecule has 3 rings (SSSR count). The molecule has 1 aliphatic rings. The van der Waals surface area contributed by atoms with Crippen LogP contribution >= 0.6 is 0 Å². The highest BCUT2D eigenvalue weighted by molar-refractivity contribution is 6.02. The zero-order valence-corrected chi connectivity index (χ0v) is 16.2. The van der Waals surface area contributed by atoms with Crippen molar-refractivity contribution in [3.63, 3.8) is 0 Å². The molecule has 1 amide bonds. The van der Waals surface area contributed by atoms with Gasteiger partial charge in [-0.05, 0) is 49.6 Å². The smallest absolute Gasteiger partial charge is 0.255 e. The number of piperidine rings is 1. The van der Waals surface area contributed by atoms with Crippen LogP contribution in [0.2, 0.25) is 0 Å². The molecular formula is C22H23NO6. The third kappa shape index (κ3) is 4.39. The monoisotopic (exact) mass is 397 g/mol. The van der Waals surface area contributed by atoms with Crippen molar-refractivity contribution in [1.82, 2.24) is 4.90 Å². The lowest BCUT2D eigenvalue weighted by molar-refractivity contribution is 0.0525. The molecule has 0 spiro atoms. The van der Waals surface area contributed by atoms with Crippen LogP contribution in [0.4, 0.5) is 0 Å². The number of amides is 1. The topological polar surface area (TPSA) is 93.1 Å². The van der Waals surface area contributed by atoms with E-state index in [0.717, 1.165) is 19.3 Å². The number of rotatable bonds is 7. The molecule has 7 nitrogen and oxygen atoms in total. The SMILES string of the molecule is COc1ccc(C=O)c(C(=O)N2CCCCC2COc2cccc(O)c2C=O)c1. The number of methoxy groups -OCH3 is 1. The zero-order chi connectivity index (χ0) is 20.8. The normalized spacial score (nSPS) is 16.2. The molecule has 1 heterocycles. The summed E-state index contributed by atoms with van der Waals surface area (Å²) in [6.45, 7) is 0.722. The maximum absolute atomic E-state index is 13.2. The maximum atomic E-state index is 13.2. The number of hydrogen-bond donors (Lipinski definition) is 1. The summed E-state index contributed by atoms with van der Waals surface area (Å²) in [6.07, 6.45) is 3.74. The first kappa shape index (κ1) is 20.4. The van der Waals surface area contributed by atoms with E-state index in [0.29, 0.717) is 30.4 Å². The summed E-state index contributed by atoms with van der Waals surface area (Å²) >= 11 is 0. The molecule has 0 radical (unpaired) electrons. The first-order valence-corrected chi connectivity index (χ1v) is 9.43. The number of likely N-dealkylation sites (tertiary alicyclic amines) is 1. The quantitative estimate of drug-likeness (QED) is 0.722. The minimum atomic E-state index is -0.259. The summed E-state index contributed by atoms with van der Waals surface area (Å²) < 4.78 is 11.0. The van der Waals surface area contributed by atoms with Crippen LogP contribution in [-0.2, 0) is 0 Å². The van der Waals surface area contributed by atoms with Gasteiger partial charge in [0.05, 0.1) is 24.3 Å². The highest BCUT2D eigenvalue weighted by atomic mass is 16.5. The molecule has 1 saturated heterocycles. The molecule has 2 aromatic rings. The molecule has 0 bridgehead atoms. The summed E-state index contributed by atoms with van der Waals surface area (Å²) in [5.41, 5.74) is 0.673. The Morgan fingerprint density at radius 2 is 2.03 bits per heavy atom. The van der Waals surface area contributed by atoms with E-state index >= 15 is 0 Å². The van der Waals surface area contributed by atoms with Crippen LogP contribution in [0, 0.1) is 0 Å². The van der Waals surface area contributed by atoms with Crippen molar-refractivity contribution in [2.24, 2.45) is 0 Å².